The number of benzene rings is 2. The van der Waals surface area contributed by atoms with E-state index in [4.69, 9.17) is 19.0 Å². The van der Waals surface area contributed by atoms with Crippen LogP contribution in [0.3, 0.4) is 0 Å². The molecule has 7 atom stereocenters. The second-order valence-corrected chi connectivity index (χ2v) is 13.4. The summed E-state index contributed by atoms with van der Waals surface area (Å²) >= 11 is 0. The Kier molecular flexibility index (Phi) is 10.5. The molecule has 0 saturated carbocycles. The third kappa shape index (κ3) is 6.84. The first-order valence-corrected chi connectivity index (χ1v) is 17.0. The summed E-state index contributed by atoms with van der Waals surface area (Å²) in [4.78, 5) is 58.3. The zero-order chi connectivity index (χ0) is 36.6. The van der Waals surface area contributed by atoms with Gasteiger partial charge in [-0.15, -0.1) is 5.48 Å². The van der Waals surface area contributed by atoms with E-state index in [-0.39, 0.29) is 40.5 Å². The van der Waals surface area contributed by atoms with Crippen LogP contribution in [-0.4, -0.2) is 98.9 Å². The molecule has 1 aliphatic heterocycles. The molecule has 15 heteroatoms. The number of rotatable bonds is 8. The van der Waals surface area contributed by atoms with Crippen LogP contribution in [0.4, 0.5) is 4.79 Å². The summed E-state index contributed by atoms with van der Waals surface area (Å²) in [6, 6.07) is 3.20. The number of ketones is 3. The number of fused-ring (bicyclic) bond motifs is 3. The molecule has 5 unspecified atom stereocenters. The number of amides is 1. The number of nitrogens with one attached hydrogen (secondary N) is 2. The van der Waals surface area contributed by atoms with Gasteiger partial charge in [0, 0.05) is 36.0 Å². The predicted molar refractivity (Wildman–Crippen MR) is 176 cm³/mol. The molecule has 1 heterocycles. The molecule has 6 rings (SSSR count). The molecular weight excluding hydrogens is 668 g/mol. The van der Waals surface area contributed by atoms with Crippen LogP contribution in [0.2, 0.25) is 0 Å². The third-order valence-electron chi connectivity index (χ3n) is 10.1. The SMILES string of the molecule is COc1cccc2c1C(=O)c1c(O)c3c(c(O)c1C2=O)C[C@@](O)(C(=O)CO)C[C@@H]3OC1CC(NOC(=O)NC2C=CCCCCC2)C(O)C(C)O1. The van der Waals surface area contributed by atoms with Crippen LogP contribution in [-0.2, 0) is 25.5 Å². The van der Waals surface area contributed by atoms with Crippen LogP contribution in [0, 0.1) is 0 Å². The number of phenolic OH excluding ortho intramolecular Hbond substituents is 2. The number of methoxy groups -OCH3 is 1. The Balaban J connectivity index is 1.29. The van der Waals surface area contributed by atoms with E-state index in [9.17, 15) is 44.7 Å². The topological polar surface area (TPSA) is 230 Å². The van der Waals surface area contributed by atoms with Gasteiger partial charge in [0.05, 0.1) is 54.2 Å². The minimum absolute atomic E-state index is 0.0718. The quantitative estimate of drug-likeness (QED) is 0.101. The number of hydrogen-bond donors (Lipinski definition) is 7. The van der Waals surface area contributed by atoms with Gasteiger partial charge in [0.15, 0.2) is 17.9 Å². The average Bonchev–Trinajstić information content (AvgIpc) is 3.09. The third-order valence-corrected chi connectivity index (χ3v) is 10.1. The molecule has 7 N–H and O–H groups in total. The lowest BCUT2D eigenvalue weighted by Gasteiger charge is -2.42. The largest absolute Gasteiger partial charge is 0.507 e. The number of carbonyl (C=O) groups is 4. The van der Waals surface area contributed by atoms with Crippen molar-refractivity contribution in [1.29, 1.82) is 0 Å². The molecule has 0 radical (unpaired) electrons. The molecule has 0 bridgehead atoms. The Morgan fingerprint density at radius 2 is 1.82 bits per heavy atom. The fraction of sp³-hybridized carbons (Fsp3) is 0.500. The van der Waals surface area contributed by atoms with E-state index in [1.807, 2.05) is 12.2 Å². The van der Waals surface area contributed by atoms with Crippen molar-refractivity contribution in [3.63, 3.8) is 0 Å². The number of Topliss-reactive ketones (excluding diaryl/α,β-unsaturated/α-hetero) is 1. The van der Waals surface area contributed by atoms with Gasteiger partial charge in [-0.2, -0.15) is 0 Å². The van der Waals surface area contributed by atoms with Crippen LogP contribution >= 0.6 is 0 Å². The van der Waals surface area contributed by atoms with Crippen molar-refractivity contribution in [3.8, 4) is 17.2 Å². The number of aliphatic hydroxyl groups is 3. The Labute approximate surface area is 293 Å². The van der Waals surface area contributed by atoms with Gasteiger partial charge in [0.2, 0.25) is 5.78 Å². The lowest BCUT2D eigenvalue weighted by molar-refractivity contribution is -0.255. The highest BCUT2D eigenvalue weighted by molar-refractivity contribution is 6.31. The van der Waals surface area contributed by atoms with Crippen LogP contribution in [0.15, 0.2) is 30.4 Å². The van der Waals surface area contributed by atoms with Gasteiger partial charge in [-0.1, -0.05) is 37.1 Å². The van der Waals surface area contributed by atoms with Crippen LogP contribution < -0.4 is 15.5 Å². The predicted octanol–water partition coefficient (Wildman–Crippen LogP) is 2.16. The smallest absolute Gasteiger partial charge is 0.426 e. The molecule has 3 aliphatic carbocycles. The lowest BCUT2D eigenvalue weighted by atomic mass is 9.72. The Morgan fingerprint density at radius 3 is 2.57 bits per heavy atom. The highest BCUT2D eigenvalue weighted by Crippen LogP contribution is 2.52. The molecule has 2 aromatic carbocycles. The van der Waals surface area contributed by atoms with Gasteiger partial charge >= 0.3 is 6.09 Å². The minimum atomic E-state index is -2.32. The molecule has 2 aromatic rings. The maximum Gasteiger partial charge on any atom is 0.426 e. The Hall–Kier alpha value is -4.38. The van der Waals surface area contributed by atoms with E-state index < -0.39 is 102 Å². The van der Waals surface area contributed by atoms with Crippen molar-refractivity contribution in [3.05, 3.63) is 63.7 Å². The molecule has 1 fully saturated rings. The van der Waals surface area contributed by atoms with Crippen molar-refractivity contribution >= 4 is 23.4 Å². The van der Waals surface area contributed by atoms with E-state index in [0.717, 1.165) is 32.1 Å². The number of carbonyl (C=O) groups excluding carboxylic acids is 4. The van der Waals surface area contributed by atoms with Gasteiger partial charge in [-0.3, -0.25) is 14.4 Å². The average molecular weight is 711 g/mol. The molecule has 274 valence electrons. The summed E-state index contributed by atoms with van der Waals surface area (Å²) in [5, 5.41) is 58.1. The Morgan fingerprint density at radius 1 is 1.06 bits per heavy atom. The first kappa shape index (κ1) is 36.4. The first-order chi connectivity index (χ1) is 24.4. The van der Waals surface area contributed by atoms with Gasteiger partial charge in [0.1, 0.15) is 29.5 Å². The van der Waals surface area contributed by atoms with Crippen molar-refractivity contribution in [2.45, 2.75) is 101 Å². The normalized spacial score (nSPS) is 28.8. The van der Waals surface area contributed by atoms with E-state index in [0.29, 0.717) is 0 Å². The molecule has 0 aromatic heterocycles. The lowest BCUT2D eigenvalue weighted by Crippen LogP contribution is -2.55. The van der Waals surface area contributed by atoms with E-state index in [2.05, 4.69) is 10.8 Å². The number of phenols is 2. The van der Waals surface area contributed by atoms with E-state index in [1.54, 1.807) is 6.92 Å². The standard InChI is InChI=1S/C36H42N2O13/c1-17-30(41)21(38-51-35(46)37-18-9-6-4-3-5-7-10-18)13-25(49-17)50-23-15-36(47,24(40)16-39)14-20-27(23)34(45)29-28(32(20)43)31(42)19-11-8-12-22(48-2)26(19)33(29)44/h6,8-9,11-12,17-18,21,23,25,30,38-39,41,43,45,47H,3-5,7,10,13-16H2,1-2H3,(H,37,46)/t17?,18?,21?,23-,25?,30?,36-/m0/s1. The van der Waals surface area contributed by atoms with E-state index >= 15 is 0 Å². The van der Waals surface area contributed by atoms with Gasteiger partial charge in [0.25, 0.3) is 0 Å². The van der Waals surface area contributed by atoms with E-state index in [1.165, 1.54) is 25.3 Å². The number of hydrogen-bond acceptors (Lipinski definition) is 14. The molecule has 51 heavy (non-hydrogen) atoms. The zero-order valence-corrected chi connectivity index (χ0v) is 28.2. The number of aromatic hydroxyl groups is 2. The number of allylic oxidation sites excluding steroid dienone is 1. The summed E-state index contributed by atoms with van der Waals surface area (Å²) in [7, 11) is 1.31. The van der Waals surface area contributed by atoms with Crippen molar-refractivity contribution < 1.29 is 63.8 Å². The first-order valence-electron chi connectivity index (χ1n) is 17.0. The minimum Gasteiger partial charge on any atom is -0.507 e. The van der Waals surface area contributed by atoms with Crippen molar-refractivity contribution in [2.24, 2.45) is 0 Å². The fourth-order valence-corrected chi connectivity index (χ4v) is 7.42. The molecule has 1 amide bonds. The summed E-state index contributed by atoms with van der Waals surface area (Å²) in [6.45, 7) is 0.482. The Bertz CT molecular complexity index is 1760. The zero-order valence-electron chi connectivity index (χ0n) is 28.2. The number of hydroxylamine groups is 1. The summed E-state index contributed by atoms with van der Waals surface area (Å²) in [5.41, 5.74) is -1.37. The number of ether oxygens (including phenoxy) is 3. The molecule has 0 spiro atoms. The van der Waals surface area contributed by atoms with Gasteiger partial charge < -0.3 is 49.9 Å². The van der Waals surface area contributed by atoms with Gasteiger partial charge in [-0.05, 0) is 32.3 Å². The van der Waals surface area contributed by atoms with Crippen LogP contribution in [0.25, 0.3) is 0 Å². The highest BCUT2D eigenvalue weighted by atomic mass is 16.7. The molecule has 1 saturated heterocycles. The second-order valence-electron chi connectivity index (χ2n) is 13.4. The summed E-state index contributed by atoms with van der Waals surface area (Å²) in [6.07, 6.45) is 1.90. The summed E-state index contributed by atoms with van der Waals surface area (Å²) in [5.74, 6) is -3.99. The fourth-order valence-electron chi connectivity index (χ4n) is 7.42. The maximum absolute atomic E-state index is 13.9. The van der Waals surface area contributed by atoms with Crippen molar-refractivity contribution in [1.82, 2.24) is 10.8 Å². The molecule has 4 aliphatic rings. The van der Waals surface area contributed by atoms with Gasteiger partial charge in [-0.25, -0.2) is 4.79 Å². The maximum atomic E-state index is 13.9. The molecule has 15 nitrogen and oxygen atoms in total. The van der Waals surface area contributed by atoms with Crippen LogP contribution in [0.5, 0.6) is 17.2 Å². The van der Waals surface area contributed by atoms with Crippen molar-refractivity contribution in [2.75, 3.05) is 13.7 Å². The molecular formula is C36H42N2O13. The van der Waals surface area contributed by atoms with Crippen LogP contribution in [0.1, 0.15) is 101 Å². The number of aliphatic hydroxyl groups excluding tert-OH is 2. The highest BCUT2D eigenvalue weighted by Gasteiger charge is 2.50. The second kappa shape index (κ2) is 14.7. The summed E-state index contributed by atoms with van der Waals surface area (Å²) < 4.78 is 17.4. The monoisotopic (exact) mass is 710 g/mol.